The summed E-state index contributed by atoms with van der Waals surface area (Å²) >= 11 is 0. The van der Waals surface area contributed by atoms with Crippen LogP contribution < -0.4 is 0 Å². The summed E-state index contributed by atoms with van der Waals surface area (Å²) in [4.78, 5) is 15.4. The predicted octanol–water partition coefficient (Wildman–Crippen LogP) is 16.3. The SMILES string of the molecule is c1ccc(-c2ccc(-c3nc(-c4ccc(-c5ccc(-c6cccc(-c7ccc8oc9ccccc9c8c7)c6)c6ccccc56)cc4)nc(-c4ccccc4-c4ccccc4)n3)cc2)cc1. The lowest BCUT2D eigenvalue weighted by Crippen LogP contribution is -2.01. The summed E-state index contributed by atoms with van der Waals surface area (Å²) in [5, 5.41) is 4.65. The molecule has 0 bridgehead atoms. The lowest BCUT2D eigenvalue weighted by Gasteiger charge is -2.14. The maximum Gasteiger partial charge on any atom is 0.164 e. The topological polar surface area (TPSA) is 51.8 Å². The van der Waals surface area contributed by atoms with Crippen LogP contribution in [0.4, 0.5) is 0 Å². The van der Waals surface area contributed by atoms with E-state index in [1.807, 2.05) is 30.3 Å². The van der Waals surface area contributed by atoms with E-state index in [1.165, 1.54) is 27.5 Å². The Kier molecular flexibility index (Phi) is 9.46. The lowest BCUT2D eigenvalue weighted by molar-refractivity contribution is 0.669. The molecule has 0 fully saturated rings. The van der Waals surface area contributed by atoms with Crippen molar-refractivity contribution >= 4 is 32.7 Å². The van der Waals surface area contributed by atoms with Gasteiger partial charge in [0.05, 0.1) is 0 Å². The van der Waals surface area contributed by atoms with Crippen LogP contribution in [0.3, 0.4) is 0 Å². The van der Waals surface area contributed by atoms with E-state index >= 15 is 0 Å². The molecule has 0 aliphatic rings. The van der Waals surface area contributed by atoms with Crippen LogP contribution in [0.5, 0.6) is 0 Å². The minimum Gasteiger partial charge on any atom is -0.456 e. The number of para-hydroxylation sites is 1. The molecule has 12 rings (SSSR count). The number of benzene rings is 10. The Morgan fingerprint density at radius 1 is 0.215 bits per heavy atom. The fourth-order valence-electron chi connectivity index (χ4n) is 9.12. The second-order valence-corrected chi connectivity index (χ2v) is 16.3. The van der Waals surface area contributed by atoms with Crippen molar-refractivity contribution < 1.29 is 4.42 Å². The molecule has 0 saturated carbocycles. The van der Waals surface area contributed by atoms with Gasteiger partial charge in [-0.3, -0.25) is 0 Å². The van der Waals surface area contributed by atoms with Crippen molar-refractivity contribution in [2.24, 2.45) is 0 Å². The van der Waals surface area contributed by atoms with Gasteiger partial charge in [-0.2, -0.15) is 0 Å². The van der Waals surface area contributed by atoms with Gasteiger partial charge in [0.25, 0.3) is 0 Å². The van der Waals surface area contributed by atoms with Crippen molar-refractivity contribution in [1.29, 1.82) is 0 Å². The highest BCUT2D eigenvalue weighted by Crippen LogP contribution is 2.39. The Morgan fingerprint density at radius 2 is 0.646 bits per heavy atom. The molecule has 4 nitrogen and oxygen atoms in total. The Hall–Kier alpha value is -8.73. The fraction of sp³-hybridized carbons (Fsp3) is 0. The van der Waals surface area contributed by atoms with Crippen LogP contribution >= 0.6 is 0 Å². The first-order valence-corrected chi connectivity index (χ1v) is 21.9. The molecule has 0 saturated heterocycles. The average Bonchev–Trinajstić information content (AvgIpc) is 3.77. The van der Waals surface area contributed by atoms with Crippen molar-refractivity contribution in [3.8, 4) is 89.8 Å². The second kappa shape index (κ2) is 16.2. The van der Waals surface area contributed by atoms with Gasteiger partial charge >= 0.3 is 0 Å². The molecule has 65 heavy (non-hydrogen) atoms. The molecule has 0 radical (unpaired) electrons. The third-order valence-corrected chi connectivity index (χ3v) is 12.4. The van der Waals surface area contributed by atoms with Crippen LogP contribution in [-0.2, 0) is 0 Å². The number of nitrogens with zero attached hydrogens (tertiary/aromatic N) is 3. The lowest BCUT2D eigenvalue weighted by atomic mass is 9.90. The van der Waals surface area contributed by atoms with E-state index in [0.717, 1.165) is 77.6 Å². The predicted molar refractivity (Wildman–Crippen MR) is 268 cm³/mol. The van der Waals surface area contributed by atoms with E-state index in [0.29, 0.717) is 17.5 Å². The summed E-state index contributed by atoms with van der Waals surface area (Å²) in [6, 6.07) is 83.0. The van der Waals surface area contributed by atoms with Gasteiger partial charge in [-0.1, -0.05) is 212 Å². The van der Waals surface area contributed by atoms with Crippen molar-refractivity contribution in [1.82, 2.24) is 15.0 Å². The van der Waals surface area contributed by atoms with Crippen LogP contribution in [0.1, 0.15) is 0 Å². The summed E-state index contributed by atoms with van der Waals surface area (Å²) < 4.78 is 6.13. The van der Waals surface area contributed by atoms with Crippen molar-refractivity contribution in [2.75, 3.05) is 0 Å². The van der Waals surface area contributed by atoms with Gasteiger partial charge in [0, 0.05) is 27.5 Å². The zero-order valence-electron chi connectivity index (χ0n) is 35.3. The standard InChI is InChI=1S/C61H39N3O/c1-3-14-40(15-4-1)41-26-30-44(31-27-41)59-62-60(64-61(63-59)55-24-10-7-20-49(55)42-16-5-2-6-17-42)45-32-28-43(29-33-45)50-35-36-51(53-22-9-8-21-52(50)53)48-19-13-18-46(38-48)47-34-37-58-56(39-47)54-23-11-12-25-57(54)65-58/h1-39H. The maximum absolute atomic E-state index is 6.13. The molecule has 0 N–H and O–H groups in total. The second-order valence-electron chi connectivity index (χ2n) is 16.3. The third-order valence-electron chi connectivity index (χ3n) is 12.4. The third kappa shape index (κ3) is 7.13. The highest BCUT2D eigenvalue weighted by molar-refractivity contribution is 6.07. The highest BCUT2D eigenvalue weighted by Gasteiger charge is 2.17. The molecule has 0 atom stereocenters. The molecule has 2 heterocycles. The van der Waals surface area contributed by atoms with Gasteiger partial charge in [-0.05, 0) is 90.7 Å². The van der Waals surface area contributed by atoms with Crippen LogP contribution in [0, 0.1) is 0 Å². The normalized spacial score (nSPS) is 11.4. The van der Waals surface area contributed by atoms with Crippen LogP contribution in [0.15, 0.2) is 241 Å². The van der Waals surface area contributed by atoms with Gasteiger partial charge in [0.15, 0.2) is 17.5 Å². The van der Waals surface area contributed by atoms with E-state index in [1.54, 1.807) is 0 Å². The van der Waals surface area contributed by atoms with Gasteiger partial charge in [-0.15, -0.1) is 0 Å². The molecule has 0 aliphatic heterocycles. The van der Waals surface area contributed by atoms with Crippen LogP contribution in [0.2, 0.25) is 0 Å². The first kappa shape index (κ1) is 38.0. The summed E-state index contributed by atoms with van der Waals surface area (Å²) in [7, 11) is 0. The number of aromatic nitrogens is 3. The minimum absolute atomic E-state index is 0.617. The number of hydrogen-bond acceptors (Lipinski definition) is 4. The first-order valence-electron chi connectivity index (χ1n) is 21.9. The molecule has 0 aliphatic carbocycles. The minimum atomic E-state index is 0.617. The van der Waals surface area contributed by atoms with E-state index in [4.69, 9.17) is 19.4 Å². The summed E-state index contributed by atoms with van der Waals surface area (Å²) in [6.45, 7) is 0. The Bertz CT molecular complexity index is 3690. The van der Waals surface area contributed by atoms with E-state index in [2.05, 4.69) is 206 Å². The molecule has 2 aromatic heterocycles. The number of furan rings is 1. The molecule has 0 spiro atoms. The summed E-state index contributed by atoms with van der Waals surface area (Å²) in [5.41, 5.74) is 16.0. The first-order chi connectivity index (χ1) is 32.2. The maximum atomic E-state index is 6.13. The average molecular weight is 830 g/mol. The Balaban J connectivity index is 0.911. The number of fused-ring (bicyclic) bond motifs is 4. The molecular weight excluding hydrogens is 791 g/mol. The van der Waals surface area contributed by atoms with Crippen LogP contribution in [-0.4, -0.2) is 15.0 Å². The van der Waals surface area contributed by atoms with Crippen LogP contribution in [0.25, 0.3) is 123 Å². The molecule has 304 valence electrons. The molecule has 12 aromatic rings. The van der Waals surface area contributed by atoms with Crippen molar-refractivity contribution in [2.45, 2.75) is 0 Å². The number of hydrogen-bond donors (Lipinski definition) is 0. The molecular formula is C61H39N3O. The smallest absolute Gasteiger partial charge is 0.164 e. The fourth-order valence-corrected chi connectivity index (χ4v) is 9.12. The summed E-state index contributed by atoms with van der Waals surface area (Å²) in [6.07, 6.45) is 0. The Labute approximate surface area is 376 Å². The van der Waals surface area contributed by atoms with E-state index < -0.39 is 0 Å². The Morgan fingerprint density at radius 3 is 1.34 bits per heavy atom. The van der Waals surface area contributed by atoms with E-state index in [9.17, 15) is 0 Å². The van der Waals surface area contributed by atoms with Gasteiger partial charge < -0.3 is 4.42 Å². The molecule has 0 amide bonds. The largest absolute Gasteiger partial charge is 0.456 e. The number of rotatable bonds is 8. The highest BCUT2D eigenvalue weighted by atomic mass is 16.3. The van der Waals surface area contributed by atoms with Gasteiger partial charge in [0.2, 0.25) is 0 Å². The monoisotopic (exact) mass is 829 g/mol. The van der Waals surface area contributed by atoms with Crippen molar-refractivity contribution in [3.05, 3.63) is 237 Å². The quantitative estimate of drug-likeness (QED) is 0.153. The summed E-state index contributed by atoms with van der Waals surface area (Å²) in [5.74, 6) is 1.87. The van der Waals surface area contributed by atoms with Gasteiger partial charge in [-0.25, -0.2) is 15.0 Å². The zero-order valence-corrected chi connectivity index (χ0v) is 35.3. The van der Waals surface area contributed by atoms with Crippen molar-refractivity contribution in [3.63, 3.8) is 0 Å². The molecule has 0 unspecified atom stereocenters. The van der Waals surface area contributed by atoms with Gasteiger partial charge in [0.1, 0.15) is 11.2 Å². The molecule has 10 aromatic carbocycles. The zero-order chi connectivity index (χ0) is 43.1. The van der Waals surface area contributed by atoms with E-state index in [-0.39, 0.29) is 0 Å². The molecule has 4 heteroatoms.